The number of carbonyl (C=O) groups is 1. The van der Waals surface area contributed by atoms with Crippen molar-refractivity contribution in [2.75, 3.05) is 20.2 Å². The van der Waals surface area contributed by atoms with Gasteiger partial charge in [0.25, 0.3) is 5.91 Å². The van der Waals surface area contributed by atoms with Crippen molar-refractivity contribution in [3.8, 4) is 11.6 Å². The Balaban J connectivity index is 1.77. The molecule has 2 heterocycles. The highest BCUT2D eigenvalue weighted by Gasteiger charge is 2.30. The lowest BCUT2D eigenvalue weighted by atomic mass is 9.76. The van der Waals surface area contributed by atoms with Crippen LogP contribution >= 0.6 is 0 Å². The van der Waals surface area contributed by atoms with Gasteiger partial charge in [-0.2, -0.15) is 0 Å². The quantitative estimate of drug-likeness (QED) is 0.728. The van der Waals surface area contributed by atoms with Gasteiger partial charge in [0.1, 0.15) is 11.4 Å². The maximum absolute atomic E-state index is 12.1. The molecule has 1 aliphatic rings. The summed E-state index contributed by atoms with van der Waals surface area (Å²) in [5.74, 6) is 0.439. The zero-order valence-electron chi connectivity index (χ0n) is 14.0. The molecule has 0 radical (unpaired) electrons. The van der Waals surface area contributed by atoms with Crippen LogP contribution < -0.4 is 10.2 Å². The first-order chi connectivity index (χ1) is 12.0. The second-order valence-electron chi connectivity index (χ2n) is 5.72. The number of fused-ring (bicyclic) bond motifs is 1. The summed E-state index contributed by atoms with van der Waals surface area (Å²) >= 11 is 0. The Kier molecular flexibility index (Phi) is 4.98. The molecule has 0 unspecified atom stereocenters. The molecule has 1 aliphatic heterocycles. The number of carbonyl (C=O) groups excluding carboxylic acids is 1. The van der Waals surface area contributed by atoms with Crippen molar-refractivity contribution in [1.29, 1.82) is 0 Å². The van der Waals surface area contributed by atoms with Gasteiger partial charge in [-0.3, -0.25) is 4.79 Å². The van der Waals surface area contributed by atoms with Crippen molar-refractivity contribution in [2.45, 2.75) is 13.5 Å². The topological polar surface area (TPSA) is 105 Å². The van der Waals surface area contributed by atoms with Crippen LogP contribution in [0.5, 0.6) is 11.6 Å². The number of amides is 1. The van der Waals surface area contributed by atoms with Crippen LogP contribution in [0.4, 0.5) is 0 Å². The van der Waals surface area contributed by atoms with E-state index in [4.69, 9.17) is 14.5 Å². The van der Waals surface area contributed by atoms with Crippen LogP contribution in [-0.2, 0) is 11.3 Å². The van der Waals surface area contributed by atoms with Gasteiger partial charge in [0.15, 0.2) is 0 Å². The van der Waals surface area contributed by atoms with Crippen LogP contribution in [-0.4, -0.2) is 58.2 Å². The molecule has 25 heavy (non-hydrogen) atoms. The molecular weight excluding hydrogens is 325 g/mol. The smallest absolute Gasteiger partial charge is 0.437 e. The van der Waals surface area contributed by atoms with Gasteiger partial charge in [-0.15, -0.1) is 0 Å². The number of hydrogen-bond donors (Lipinski definition) is 2. The molecule has 3 rings (SSSR count). The molecule has 0 saturated carbocycles. The van der Waals surface area contributed by atoms with Crippen molar-refractivity contribution < 1.29 is 24.3 Å². The molecule has 0 atom stereocenters. The number of hydrogen-bond acceptors (Lipinski definition) is 7. The normalized spacial score (nSPS) is 12.9. The molecule has 2 aromatic rings. The SMILES string of the molecule is Cc1c(Oc2cnc(C(=O)N(C)CCO)cn2)ccc2c1B(O)OC2. The fraction of sp³-hybridized carbons (Fsp3) is 0.312. The van der Waals surface area contributed by atoms with E-state index in [-0.39, 0.29) is 30.6 Å². The summed E-state index contributed by atoms with van der Waals surface area (Å²) in [5.41, 5.74) is 2.57. The lowest BCUT2D eigenvalue weighted by molar-refractivity contribution is 0.0760. The summed E-state index contributed by atoms with van der Waals surface area (Å²) in [4.78, 5) is 21.6. The average Bonchev–Trinajstić information content (AvgIpc) is 2.99. The standard InChI is InChI=1S/C16H18BN3O5/c1-10-13(4-3-11-9-24-17(23)15(10)11)25-14-8-18-12(7-19-14)16(22)20(2)5-6-21/h3-4,7-8,21,23H,5-6,9H2,1-2H3. The fourth-order valence-electron chi connectivity index (χ4n) is 2.64. The highest BCUT2D eigenvalue weighted by molar-refractivity contribution is 6.62. The van der Waals surface area contributed by atoms with Crippen LogP contribution in [0.25, 0.3) is 0 Å². The molecule has 0 fully saturated rings. The molecule has 0 spiro atoms. The Morgan fingerprint density at radius 2 is 2.20 bits per heavy atom. The Bertz CT molecular complexity index is 784. The van der Waals surface area contributed by atoms with E-state index in [0.717, 1.165) is 11.1 Å². The van der Waals surface area contributed by atoms with Crippen LogP contribution in [0, 0.1) is 6.92 Å². The van der Waals surface area contributed by atoms with E-state index in [2.05, 4.69) is 9.97 Å². The minimum absolute atomic E-state index is 0.121. The van der Waals surface area contributed by atoms with Gasteiger partial charge in [0.05, 0.1) is 25.6 Å². The van der Waals surface area contributed by atoms with Crippen LogP contribution in [0.15, 0.2) is 24.5 Å². The van der Waals surface area contributed by atoms with Gasteiger partial charge in [0.2, 0.25) is 5.88 Å². The molecule has 2 N–H and O–H groups in total. The third-order valence-electron chi connectivity index (χ3n) is 4.04. The first-order valence-electron chi connectivity index (χ1n) is 7.79. The van der Waals surface area contributed by atoms with Crippen molar-refractivity contribution in [2.24, 2.45) is 0 Å². The van der Waals surface area contributed by atoms with E-state index >= 15 is 0 Å². The van der Waals surface area contributed by atoms with Gasteiger partial charge in [-0.1, -0.05) is 6.07 Å². The number of benzene rings is 1. The first-order valence-corrected chi connectivity index (χ1v) is 7.79. The number of aliphatic hydroxyl groups excluding tert-OH is 1. The molecule has 1 aromatic heterocycles. The van der Waals surface area contributed by atoms with Crippen LogP contribution in [0.1, 0.15) is 21.6 Å². The highest BCUT2D eigenvalue weighted by atomic mass is 16.5. The van der Waals surface area contributed by atoms with E-state index in [0.29, 0.717) is 17.8 Å². The third-order valence-corrected chi connectivity index (χ3v) is 4.04. The molecule has 9 heteroatoms. The number of aromatic nitrogens is 2. The predicted octanol–water partition coefficient (Wildman–Crippen LogP) is -0.141. The van der Waals surface area contributed by atoms with E-state index < -0.39 is 7.12 Å². The number of rotatable bonds is 5. The summed E-state index contributed by atoms with van der Waals surface area (Å²) in [6.07, 6.45) is 2.69. The minimum Gasteiger partial charge on any atom is -0.437 e. The molecule has 1 amide bonds. The Morgan fingerprint density at radius 3 is 2.88 bits per heavy atom. The monoisotopic (exact) mass is 343 g/mol. The van der Waals surface area contributed by atoms with E-state index in [1.807, 2.05) is 13.0 Å². The average molecular weight is 343 g/mol. The van der Waals surface area contributed by atoms with Crippen LogP contribution in [0.2, 0.25) is 0 Å². The number of aliphatic hydroxyl groups is 1. The molecule has 130 valence electrons. The lowest BCUT2D eigenvalue weighted by Gasteiger charge is -2.15. The largest absolute Gasteiger partial charge is 0.492 e. The van der Waals surface area contributed by atoms with Gasteiger partial charge in [-0.25, -0.2) is 9.97 Å². The van der Waals surface area contributed by atoms with Crippen molar-refractivity contribution in [3.05, 3.63) is 41.3 Å². The number of likely N-dealkylation sites (N-methyl/N-ethyl adjacent to an activating group) is 1. The molecule has 0 bridgehead atoms. The van der Waals surface area contributed by atoms with E-state index in [1.165, 1.54) is 17.3 Å². The fourth-order valence-corrected chi connectivity index (χ4v) is 2.64. The summed E-state index contributed by atoms with van der Waals surface area (Å²) in [7, 11) is 0.623. The second-order valence-corrected chi connectivity index (χ2v) is 5.72. The molecule has 0 saturated heterocycles. The summed E-state index contributed by atoms with van der Waals surface area (Å²) in [6.45, 7) is 2.30. The van der Waals surface area contributed by atoms with Crippen molar-refractivity contribution >= 4 is 18.5 Å². The third kappa shape index (κ3) is 3.48. The van der Waals surface area contributed by atoms with Gasteiger partial charge >= 0.3 is 7.12 Å². The first kappa shape index (κ1) is 17.3. The van der Waals surface area contributed by atoms with Gasteiger partial charge in [-0.05, 0) is 29.6 Å². The predicted molar refractivity (Wildman–Crippen MR) is 89.7 cm³/mol. The summed E-state index contributed by atoms with van der Waals surface area (Å²) in [6, 6.07) is 3.62. The van der Waals surface area contributed by atoms with Gasteiger partial charge in [0, 0.05) is 13.6 Å². The Morgan fingerprint density at radius 1 is 1.40 bits per heavy atom. The zero-order valence-corrected chi connectivity index (χ0v) is 14.0. The second kappa shape index (κ2) is 7.18. The summed E-state index contributed by atoms with van der Waals surface area (Å²) < 4.78 is 10.9. The highest BCUT2D eigenvalue weighted by Crippen LogP contribution is 2.25. The summed E-state index contributed by atoms with van der Waals surface area (Å²) in [5, 5.41) is 18.8. The van der Waals surface area contributed by atoms with Crippen molar-refractivity contribution in [1.82, 2.24) is 14.9 Å². The Labute approximate surface area is 145 Å². The number of ether oxygens (including phenoxy) is 1. The van der Waals surface area contributed by atoms with E-state index in [9.17, 15) is 9.82 Å². The molecular formula is C16H18BN3O5. The molecule has 1 aromatic carbocycles. The zero-order chi connectivity index (χ0) is 18.0. The van der Waals surface area contributed by atoms with Crippen LogP contribution in [0.3, 0.4) is 0 Å². The minimum atomic E-state index is -0.952. The van der Waals surface area contributed by atoms with E-state index in [1.54, 1.807) is 13.1 Å². The maximum atomic E-state index is 12.1. The molecule has 0 aliphatic carbocycles. The maximum Gasteiger partial charge on any atom is 0.492 e. The van der Waals surface area contributed by atoms with Crippen molar-refractivity contribution in [3.63, 3.8) is 0 Å². The number of nitrogens with zero attached hydrogens (tertiary/aromatic N) is 3. The van der Waals surface area contributed by atoms with Gasteiger partial charge < -0.3 is 24.4 Å². The molecule has 8 nitrogen and oxygen atoms in total. The Hall–Kier alpha value is -2.49. The lowest BCUT2D eigenvalue weighted by Crippen LogP contribution is -2.30.